The molecule has 2 rings (SSSR count). The van der Waals surface area contributed by atoms with Crippen LogP contribution in [0.25, 0.3) is 0 Å². The predicted molar refractivity (Wildman–Crippen MR) is 72.9 cm³/mol. The lowest BCUT2D eigenvalue weighted by Crippen LogP contribution is -2.22. The molecule has 1 atom stereocenters. The molecule has 0 radical (unpaired) electrons. The van der Waals surface area contributed by atoms with Crippen LogP contribution in [0.2, 0.25) is 0 Å². The van der Waals surface area contributed by atoms with Crippen LogP contribution in [0.4, 0.5) is 0 Å². The Morgan fingerprint density at radius 1 is 1.44 bits per heavy atom. The molecule has 0 saturated heterocycles. The molecular weight excluding hydrogens is 224 g/mol. The van der Waals surface area contributed by atoms with Crippen LogP contribution in [0.15, 0.2) is 18.2 Å². The first-order valence-corrected chi connectivity index (χ1v) is 6.75. The summed E-state index contributed by atoms with van der Waals surface area (Å²) in [7, 11) is 0. The van der Waals surface area contributed by atoms with Gasteiger partial charge in [0.1, 0.15) is 0 Å². The maximum absolute atomic E-state index is 11.0. The van der Waals surface area contributed by atoms with Crippen LogP contribution in [0, 0.1) is 5.92 Å². The lowest BCUT2D eigenvalue weighted by atomic mass is 9.80. The summed E-state index contributed by atoms with van der Waals surface area (Å²) in [4.78, 5) is 11.0. The predicted octanol–water partition coefficient (Wildman–Crippen LogP) is 3.56. The van der Waals surface area contributed by atoms with Gasteiger partial charge < -0.3 is 5.11 Å². The van der Waals surface area contributed by atoms with Crippen molar-refractivity contribution in [2.24, 2.45) is 5.92 Å². The van der Waals surface area contributed by atoms with Crippen molar-refractivity contribution >= 4 is 5.97 Å². The maximum Gasteiger partial charge on any atom is 0.304 e. The highest BCUT2D eigenvalue weighted by Crippen LogP contribution is 2.41. The molecule has 0 saturated carbocycles. The second-order valence-corrected chi connectivity index (χ2v) is 6.22. The molecule has 1 unspecified atom stereocenters. The van der Waals surface area contributed by atoms with Gasteiger partial charge in [-0.2, -0.15) is 0 Å². The molecule has 0 aliphatic heterocycles. The minimum atomic E-state index is -0.698. The zero-order valence-electron chi connectivity index (χ0n) is 11.5. The fourth-order valence-electron chi connectivity index (χ4n) is 3.10. The fraction of sp³-hybridized carbons (Fsp3) is 0.562. The number of hydrogen-bond donors (Lipinski definition) is 1. The third-order valence-corrected chi connectivity index (χ3v) is 3.95. The van der Waals surface area contributed by atoms with Crippen LogP contribution in [-0.2, 0) is 23.1 Å². The summed E-state index contributed by atoms with van der Waals surface area (Å²) >= 11 is 0. The molecule has 1 N–H and O–H groups in total. The quantitative estimate of drug-likeness (QED) is 0.882. The Balaban J connectivity index is 2.27. The molecule has 0 aromatic heterocycles. The molecule has 0 bridgehead atoms. The van der Waals surface area contributed by atoms with Crippen molar-refractivity contribution < 1.29 is 9.90 Å². The number of aryl methyl sites for hydroxylation is 1. The highest BCUT2D eigenvalue weighted by atomic mass is 16.4. The van der Waals surface area contributed by atoms with Gasteiger partial charge in [-0.1, -0.05) is 39.0 Å². The van der Waals surface area contributed by atoms with Crippen molar-refractivity contribution in [3.63, 3.8) is 0 Å². The largest absolute Gasteiger partial charge is 0.481 e. The SMILES string of the molecule is CC(C)Cc1ccc2c(c1)CCC2(C)CC(=O)O. The van der Waals surface area contributed by atoms with Crippen LogP contribution in [0.1, 0.15) is 50.3 Å². The highest BCUT2D eigenvalue weighted by molar-refractivity contribution is 5.69. The molecule has 1 aliphatic rings. The summed E-state index contributed by atoms with van der Waals surface area (Å²) in [5.41, 5.74) is 3.81. The smallest absolute Gasteiger partial charge is 0.304 e. The van der Waals surface area contributed by atoms with Gasteiger partial charge in [0, 0.05) is 5.41 Å². The van der Waals surface area contributed by atoms with Gasteiger partial charge in [-0.15, -0.1) is 0 Å². The van der Waals surface area contributed by atoms with Crippen molar-refractivity contribution in [3.05, 3.63) is 34.9 Å². The van der Waals surface area contributed by atoms with E-state index in [1.807, 2.05) is 0 Å². The molecule has 1 aliphatic carbocycles. The number of carboxylic acids is 1. The molecule has 2 heteroatoms. The second kappa shape index (κ2) is 4.75. The van der Waals surface area contributed by atoms with Crippen molar-refractivity contribution in [2.45, 2.75) is 51.9 Å². The van der Waals surface area contributed by atoms with E-state index < -0.39 is 5.97 Å². The number of fused-ring (bicyclic) bond motifs is 1. The van der Waals surface area contributed by atoms with Crippen LogP contribution in [0.3, 0.4) is 0 Å². The average Bonchev–Trinajstić information content (AvgIpc) is 2.54. The molecule has 1 aromatic rings. The molecule has 98 valence electrons. The fourth-order valence-corrected chi connectivity index (χ4v) is 3.10. The van der Waals surface area contributed by atoms with Gasteiger partial charge in [0.15, 0.2) is 0 Å². The van der Waals surface area contributed by atoms with Crippen LogP contribution in [0.5, 0.6) is 0 Å². The van der Waals surface area contributed by atoms with E-state index in [9.17, 15) is 4.79 Å². The van der Waals surface area contributed by atoms with E-state index in [1.54, 1.807) is 0 Å². The van der Waals surface area contributed by atoms with Gasteiger partial charge in [0.25, 0.3) is 0 Å². The molecule has 0 fully saturated rings. The summed E-state index contributed by atoms with van der Waals surface area (Å²) in [5, 5.41) is 9.04. The third kappa shape index (κ3) is 2.58. The average molecular weight is 246 g/mol. The molecular formula is C16H22O2. The Bertz CT molecular complexity index is 462. The molecule has 1 aromatic carbocycles. The van der Waals surface area contributed by atoms with E-state index in [2.05, 4.69) is 39.0 Å². The lowest BCUT2D eigenvalue weighted by Gasteiger charge is -2.23. The van der Waals surface area contributed by atoms with Gasteiger partial charge in [0.2, 0.25) is 0 Å². The minimum Gasteiger partial charge on any atom is -0.481 e. The summed E-state index contributed by atoms with van der Waals surface area (Å²) in [6, 6.07) is 6.61. The summed E-state index contributed by atoms with van der Waals surface area (Å²) in [6.45, 7) is 6.53. The van der Waals surface area contributed by atoms with E-state index in [0.717, 1.165) is 19.3 Å². The topological polar surface area (TPSA) is 37.3 Å². The van der Waals surface area contributed by atoms with E-state index in [0.29, 0.717) is 5.92 Å². The number of aliphatic carboxylic acids is 1. The highest BCUT2D eigenvalue weighted by Gasteiger charge is 2.36. The number of rotatable bonds is 4. The third-order valence-electron chi connectivity index (χ3n) is 3.95. The van der Waals surface area contributed by atoms with Gasteiger partial charge >= 0.3 is 5.97 Å². The first-order chi connectivity index (χ1) is 8.40. The van der Waals surface area contributed by atoms with Crippen LogP contribution in [-0.4, -0.2) is 11.1 Å². The Hall–Kier alpha value is -1.31. The van der Waals surface area contributed by atoms with Gasteiger partial charge in [0.05, 0.1) is 6.42 Å². The van der Waals surface area contributed by atoms with Crippen molar-refractivity contribution in [2.75, 3.05) is 0 Å². The van der Waals surface area contributed by atoms with Crippen molar-refractivity contribution in [3.8, 4) is 0 Å². The molecule has 18 heavy (non-hydrogen) atoms. The second-order valence-electron chi connectivity index (χ2n) is 6.22. The first-order valence-electron chi connectivity index (χ1n) is 6.75. The molecule has 2 nitrogen and oxygen atoms in total. The van der Waals surface area contributed by atoms with E-state index >= 15 is 0 Å². The van der Waals surface area contributed by atoms with Crippen molar-refractivity contribution in [1.29, 1.82) is 0 Å². The van der Waals surface area contributed by atoms with E-state index in [4.69, 9.17) is 5.11 Å². The number of hydrogen-bond acceptors (Lipinski definition) is 1. The van der Waals surface area contributed by atoms with Gasteiger partial charge in [-0.05, 0) is 41.9 Å². The van der Waals surface area contributed by atoms with E-state index in [1.165, 1.54) is 16.7 Å². The van der Waals surface area contributed by atoms with Crippen LogP contribution < -0.4 is 0 Å². The van der Waals surface area contributed by atoms with Gasteiger partial charge in [-0.3, -0.25) is 4.79 Å². The Morgan fingerprint density at radius 3 is 2.78 bits per heavy atom. The standard InChI is InChI=1S/C16H22O2/c1-11(2)8-12-4-5-14-13(9-12)6-7-16(14,3)10-15(17)18/h4-5,9,11H,6-8,10H2,1-3H3,(H,17,18). The summed E-state index contributed by atoms with van der Waals surface area (Å²) in [5.74, 6) is -0.0357. The Labute approximate surface area is 109 Å². The first kappa shape index (κ1) is 13.1. The number of carbonyl (C=O) groups is 1. The summed E-state index contributed by atoms with van der Waals surface area (Å²) < 4.78 is 0. The molecule has 0 amide bonds. The Kier molecular flexibility index (Phi) is 3.47. The zero-order valence-corrected chi connectivity index (χ0v) is 11.5. The minimum absolute atomic E-state index is 0.169. The number of carboxylic acid groups (broad SMARTS) is 1. The maximum atomic E-state index is 11.0. The van der Waals surface area contributed by atoms with E-state index in [-0.39, 0.29) is 11.8 Å². The summed E-state index contributed by atoms with van der Waals surface area (Å²) in [6.07, 6.45) is 3.32. The normalized spacial score (nSPS) is 22.2. The molecule has 0 spiro atoms. The van der Waals surface area contributed by atoms with Crippen LogP contribution >= 0.6 is 0 Å². The Morgan fingerprint density at radius 2 is 2.17 bits per heavy atom. The number of benzene rings is 1. The van der Waals surface area contributed by atoms with Crippen molar-refractivity contribution in [1.82, 2.24) is 0 Å². The molecule has 0 heterocycles. The van der Waals surface area contributed by atoms with Gasteiger partial charge in [-0.25, -0.2) is 0 Å². The lowest BCUT2D eigenvalue weighted by molar-refractivity contribution is -0.138. The zero-order chi connectivity index (χ0) is 13.3. The monoisotopic (exact) mass is 246 g/mol.